The highest BCUT2D eigenvalue weighted by Gasteiger charge is 2.18. The molecular formula is C18H18BrClN2O2. The van der Waals surface area contributed by atoms with E-state index in [1.807, 2.05) is 37.3 Å². The number of carbonyl (C=O) groups is 1. The molecule has 0 saturated heterocycles. The Balaban J connectivity index is 2.39. The number of carbonyl (C=O) groups excluding carboxylic acids is 1. The summed E-state index contributed by atoms with van der Waals surface area (Å²) in [6.45, 7) is 2.02. The number of benzene rings is 2. The van der Waals surface area contributed by atoms with E-state index in [2.05, 4.69) is 26.4 Å². The maximum Gasteiger partial charge on any atom is 0.238 e. The average Bonchev–Trinajstić information content (AvgIpc) is 2.59. The highest BCUT2D eigenvalue weighted by molar-refractivity contribution is 9.10. The maximum absolute atomic E-state index is 12.3. The van der Waals surface area contributed by atoms with Gasteiger partial charge in [0.2, 0.25) is 5.91 Å². The number of hydrogen-bond donors (Lipinski definition) is 2. The van der Waals surface area contributed by atoms with Crippen LogP contribution in [0.4, 0.5) is 5.69 Å². The van der Waals surface area contributed by atoms with E-state index in [-0.39, 0.29) is 10.7 Å². The molecular weight excluding hydrogens is 392 g/mol. The van der Waals surface area contributed by atoms with Crippen LogP contribution >= 0.6 is 27.5 Å². The number of halogens is 2. The lowest BCUT2D eigenvalue weighted by Crippen LogP contribution is -2.24. The predicted molar refractivity (Wildman–Crippen MR) is 102 cm³/mol. The molecule has 6 heteroatoms. The molecule has 4 nitrogen and oxygen atoms in total. The topological polar surface area (TPSA) is 61.7 Å². The fourth-order valence-electron chi connectivity index (χ4n) is 2.28. The van der Waals surface area contributed by atoms with Gasteiger partial charge in [-0.15, -0.1) is 0 Å². The minimum absolute atomic E-state index is 0.147. The molecule has 2 aromatic carbocycles. The molecule has 1 atom stereocenters. The van der Waals surface area contributed by atoms with Crippen molar-refractivity contribution in [3.05, 3.63) is 64.7 Å². The molecule has 2 aromatic rings. The van der Waals surface area contributed by atoms with Gasteiger partial charge in [0.05, 0.1) is 10.5 Å². The second-order valence-corrected chi connectivity index (χ2v) is 6.79. The Kier molecular flexibility index (Phi) is 6.82. The number of rotatable bonds is 6. The first-order valence-corrected chi connectivity index (χ1v) is 8.88. The van der Waals surface area contributed by atoms with E-state index >= 15 is 0 Å². The first kappa shape index (κ1) is 18.5. The van der Waals surface area contributed by atoms with Gasteiger partial charge in [0.15, 0.2) is 0 Å². The lowest BCUT2D eigenvalue weighted by Gasteiger charge is -2.15. The summed E-state index contributed by atoms with van der Waals surface area (Å²) in [6, 6.07) is 14.3. The molecule has 0 aliphatic rings. The van der Waals surface area contributed by atoms with Gasteiger partial charge >= 0.3 is 0 Å². The Hall–Kier alpha value is -1.85. The molecule has 126 valence electrons. The molecule has 0 aliphatic carbocycles. The van der Waals surface area contributed by atoms with Crippen molar-refractivity contribution >= 4 is 44.8 Å². The molecule has 0 heterocycles. The van der Waals surface area contributed by atoms with Gasteiger partial charge < -0.3 is 10.5 Å². The lowest BCUT2D eigenvalue weighted by molar-refractivity contribution is -0.115. The van der Waals surface area contributed by atoms with Crippen molar-refractivity contribution < 1.29 is 10.0 Å². The van der Waals surface area contributed by atoms with Crippen molar-refractivity contribution in [3.63, 3.8) is 0 Å². The summed E-state index contributed by atoms with van der Waals surface area (Å²) in [6.07, 6.45) is 1.62. The largest absolute Gasteiger partial charge is 0.410 e. The van der Waals surface area contributed by atoms with E-state index in [0.29, 0.717) is 22.0 Å². The van der Waals surface area contributed by atoms with Gasteiger partial charge in [-0.3, -0.25) is 4.79 Å². The molecule has 2 rings (SSSR count). The smallest absolute Gasteiger partial charge is 0.238 e. The van der Waals surface area contributed by atoms with Gasteiger partial charge in [0.1, 0.15) is 5.71 Å². The summed E-state index contributed by atoms with van der Waals surface area (Å²) in [5.74, 6) is -0.147. The minimum Gasteiger partial charge on any atom is -0.410 e. The standard InChI is InChI=1S/C18H18BrClN2O2/c1-2-6-15(19)18(23)21-16-10-9-13(20)11-14(16)17(22-24)12-7-4-3-5-8-12/h3-5,7-11,15,24H,2,6H2,1H3,(H,21,23)/b22-17+. The number of amides is 1. The van der Waals surface area contributed by atoms with E-state index in [4.69, 9.17) is 11.6 Å². The zero-order chi connectivity index (χ0) is 17.5. The van der Waals surface area contributed by atoms with E-state index in [9.17, 15) is 10.0 Å². The van der Waals surface area contributed by atoms with Crippen molar-refractivity contribution in [1.82, 2.24) is 0 Å². The van der Waals surface area contributed by atoms with Crippen molar-refractivity contribution in [2.45, 2.75) is 24.6 Å². The molecule has 0 spiro atoms. The number of nitrogens with one attached hydrogen (secondary N) is 1. The molecule has 0 saturated carbocycles. The van der Waals surface area contributed by atoms with Crippen LogP contribution in [-0.4, -0.2) is 21.7 Å². The van der Waals surface area contributed by atoms with Crippen molar-refractivity contribution in [3.8, 4) is 0 Å². The van der Waals surface area contributed by atoms with Gasteiger partial charge in [-0.1, -0.05) is 76.4 Å². The highest BCUT2D eigenvalue weighted by Crippen LogP contribution is 2.25. The van der Waals surface area contributed by atoms with Crippen molar-refractivity contribution in [2.75, 3.05) is 5.32 Å². The summed E-state index contributed by atoms with van der Waals surface area (Å²) in [4.78, 5) is 12.0. The fourth-order valence-corrected chi connectivity index (χ4v) is 3.02. The van der Waals surface area contributed by atoms with Crippen LogP contribution in [0.25, 0.3) is 0 Å². The minimum atomic E-state index is -0.280. The van der Waals surface area contributed by atoms with E-state index in [0.717, 1.165) is 18.4 Å². The molecule has 2 N–H and O–H groups in total. The van der Waals surface area contributed by atoms with Crippen LogP contribution in [0.1, 0.15) is 30.9 Å². The number of oxime groups is 1. The van der Waals surface area contributed by atoms with Crippen molar-refractivity contribution in [1.29, 1.82) is 0 Å². The van der Waals surface area contributed by atoms with E-state index in [1.54, 1.807) is 18.2 Å². The van der Waals surface area contributed by atoms with Crippen LogP contribution in [0, 0.1) is 0 Å². The third-order valence-electron chi connectivity index (χ3n) is 3.47. The molecule has 0 aromatic heterocycles. The van der Waals surface area contributed by atoms with Crippen LogP contribution in [0.5, 0.6) is 0 Å². The van der Waals surface area contributed by atoms with Gasteiger partial charge in [-0.2, -0.15) is 0 Å². The molecule has 1 unspecified atom stereocenters. The summed E-state index contributed by atoms with van der Waals surface area (Å²) in [5, 5.41) is 16.3. The van der Waals surface area contributed by atoms with Gasteiger partial charge in [-0.05, 0) is 24.6 Å². The average molecular weight is 410 g/mol. The molecule has 1 amide bonds. The molecule has 0 aliphatic heterocycles. The predicted octanol–water partition coefficient (Wildman–Crippen LogP) is 5.07. The summed E-state index contributed by atoms with van der Waals surface area (Å²) < 4.78 is 0. The van der Waals surface area contributed by atoms with Gasteiger partial charge in [0.25, 0.3) is 0 Å². The van der Waals surface area contributed by atoms with Crippen LogP contribution in [0.2, 0.25) is 5.02 Å². The SMILES string of the molecule is CCCC(Br)C(=O)Nc1ccc(Cl)cc1/C(=N/O)c1ccccc1. The summed E-state index contributed by atoms with van der Waals surface area (Å²) in [7, 11) is 0. The quantitative estimate of drug-likeness (QED) is 0.303. The Morgan fingerprint density at radius 1 is 1.29 bits per heavy atom. The Labute approximate surface area is 154 Å². The summed E-state index contributed by atoms with van der Waals surface area (Å²) in [5.41, 5.74) is 2.17. The van der Waals surface area contributed by atoms with Crippen molar-refractivity contribution in [2.24, 2.45) is 5.16 Å². The Morgan fingerprint density at radius 3 is 2.62 bits per heavy atom. The number of hydrogen-bond acceptors (Lipinski definition) is 3. The molecule has 24 heavy (non-hydrogen) atoms. The van der Waals surface area contributed by atoms with Crippen LogP contribution in [0.15, 0.2) is 53.7 Å². The monoisotopic (exact) mass is 408 g/mol. The lowest BCUT2D eigenvalue weighted by atomic mass is 10.0. The fraction of sp³-hybridized carbons (Fsp3) is 0.222. The number of nitrogens with zero attached hydrogens (tertiary/aromatic N) is 1. The zero-order valence-electron chi connectivity index (χ0n) is 13.2. The third kappa shape index (κ3) is 4.58. The molecule has 0 fully saturated rings. The molecule has 0 radical (unpaired) electrons. The second-order valence-electron chi connectivity index (χ2n) is 5.25. The summed E-state index contributed by atoms with van der Waals surface area (Å²) >= 11 is 9.48. The van der Waals surface area contributed by atoms with E-state index in [1.165, 1.54) is 0 Å². The van der Waals surface area contributed by atoms with Crippen LogP contribution in [0.3, 0.4) is 0 Å². The van der Waals surface area contributed by atoms with Crippen LogP contribution < -0.4 is 5.32 Å². The second kappa shape index (κ2) is 8.85. The normalized spacial score (nSPS) is 12.7. The third-order valence-corrected chi connectivity index (χ3v) is 4.58. The maximum atomic E-state index is 12.3. The zero-order valence-corrected chi connectivity index (χ0v) is 15.5. The van der Waals surface area contributed by atoms with Gasteiger partial charge in [0, 0.05) is 16.1 Å². The Morgan fingerprint density at radius 2 is 2.00 bits per heavy atom. The first-order chi connectivity index (χ1) is 11.6. The van der Waals surface area contributed by atoms with Gasteiger partial charge in [-0.25, -0.2) is 0 Å². The first-order valence-electron chi connectivity index (χ1n) is 7.59. The van der Waals surface area contributed by atoms with E-state index < -0.39 is 0 Å². The Bertz CT molecular complexity index is 735. The van der Waals surface area contributed by atoms with Crippen LogP contribution in [-0.2, 0) is 4.79 Å². The highest BCUT2D eigenvalue weighted by atomic mass is 79.9. The number of anilines is 1. The molecule has 0 bridgehead atoms. The number of alkyl halides is 1.